The summed E-state index contributed by atoms with van der Waals surface area (Å²) in [5.41, 5.74) is 6.02. The molecule has 1 amide bonds. The number of ether oxygens (including phenoxy) is 1. The molecule has 0 saturated carbocycles. The molecule has 2 heterocycles. The molecule has 4 nitrogen and oxygen atoms in total. The number of rotatable bonds is 3. The summed E-state index contributed by atoms with van der Waals surface area (Å²) in [6.45, 7) is 0.0872. The van der Waals surface area contributed by atoms with Gasteiger partial charge < -0.3 is 15.4 Å². The van der Waals surface area contributed by atoms with Gasteiger partial charge in [-0.1, -0.05) is 11.6 Å². The monoisotopic (exact) mass is 294 g/mol. The molecule has 2 aliphatic heterocycles. The van der Waals surface area contributed by atoms with Gasteiger partial charge in [-0.2, -0.15) is 0 Å². The second-order valence-electron chi connectivity index (χ2n) is 5.66. The number of nitrogens with zero attached hydrogens (tertiary/aromatic N) is 1. The molecule has 108 valence electrons. The van der Waals surface area contributed by atoms with E-state index in [1.807, 2.05) is 4.90 Å². The van der Waals surface area contributed by atoms with Gasteiger partial charge in [0, 0.05) is 23.1 Å². The first-order chi connectivity index (χ1) is 9.63. The van der Waals surface area contributed by atoms with Crippen molar-refractivity contribution in [2.75, 3.05) is 6.61 Å². The molecule has 2 atom stereocenters. The van der Waals surface area contributed by atoms with Crippen molar-refractivity contribution in [2.45, 2.75) is 43.8 Å². The van der Waals surface area contributed by atoms with E-state index in [1.54, 1.807) is 24.3 Å². The van der Waals surface area contributed by atoms with Crippen LogP contribution in [0.2, 0.25) is 5.02 Å². The summed E-state index contributed by atoms with van der Waals surface area (Å²) >= 11 is 5.81. The van der Waals surface area contributed by atoms with Crippen LogP contribution in [0.5, 0.6) is 5.75 Å². The Hall–Kier alpha value is -1.26. The highest BCUT2D eigenvalue weighted by Gasteiger charge is 2.42. The van der Waals surface area contributed by atoms with Crippen molar-refractivity contribution in [3.8, 4) is 5.75 Å². The number of hydrogen-bond acceptors (Lipinski definition) is 3. The summed E-state index contributed by atoms with van der Waals surface area (Å²) in [6, 6.07) is 7.92. The smallest absolute Gasteiger partial charge is 0.261 e. The van der Waals surface area contributed by atoms with Crippen molar-refractivity contribution in [3.05, 3.63) is 29.3 Å². The molecule has 2 bridgehead atoms. The standard InChI is InChI=1S/C15H19ClN2O2/c16-10-1-5-14(6-2-10)20-9-15(19)18-12-3-4-13(18)8-11(17)7-12/h1-2,5-6,11-13H,3-4,7-9,17H2. The van der Waals surface area contributed by atoms with Crippen molar-refractivity contribution in [2.24, 2.45) is 5.73 Å². The average Bonchev–Trinajstić information content (AvgIpc) is 2.70. The van der Waals surface area contributed by atoms with E-state index in [0.717, 1.165) is 25.7 Å². The quantitative estimate of drug-likeness (QED) is 0.930. The fourth-order valence-electron chi connectivity index (χ4n) is 3.38. The van der Waals surface area contributed by atoms with Gasteiger partial charge in [0.05, 0.1) is 0 Å². The Balaban J connectivity index is 1.58. The first-order valence-electron chi connectivity index (χ1n) is 7.08. The fraction of sp³-hybridized carbons (Fsp3) is 0.533. The highest BCUT2D eigenvalue weighted by atomic mass is 35.5. The number of carbonyl (C=O) groups excluding carboxylic acids is 1. The molecule has 2 fully saturated rings. The minimum Gasteiger partial charge on any atom is -0.484 e. The van der Waals surface area contributed by atoms with Crippen LogP contribution >= 0.6 is 11.6 Å². The molecular formula is C15H19ClN2O2. The highest BCUT2D eigenvalue weighted by molar-refractivity contribution is 6.30. The lowest BCUT2D eigenvalue weighted by atomic mass is 9.98. The lowest BCUT2D eigenvalue weighted by Gasteiger charge is -2.37. The Kier molecular flexibility index (Phi) is 3.85. The van der Waals surface area contributed by atoms with Gasteiger partial charge >= 0.3 is 0 Å². The predicted octanol–water partition coefficient (Wildman–Crippen LogP) is 2.20. The van der Waals surface area contributed by atoms with Crippen LogP contribution in [-0.4, -0.2) is 35.5 Å². The summed E-state index contributed by atoms with van der Waals surface area (Å²) in [7, 11) is 0. The van der Waals surface area contributed by atoms with Crippen LogP contribution in [0.4, 0.5) is 0 Å². The third-order valence-corrected chi connectivity index (χ3v) is 4.49. The summed E-state index contributed by atoms with van der Waals surface area (Å²) in [5.74, 6) is 0.739. The van der Waals surface area contributed by atoms with Gasteiger partial charge in [-0.25, -0.2) is 0 Å². The normalized spacial score (nSPS) is 28.5. The first-order valence-corrected chi connectivity index (χ1v) is 7.46. The van der Waals surface area contributed by atoms with Gasteiger partial charge in [0.2, 0.25) is 0 Å². The summed E-state index contributed by atoms with van der Waals surface area (Å²) in [6.07, 6.45) is 3.99. The van der Waals surface area contributed by atoms with E-state index in [4.69, 9.17) is 22.1 Å². The lowest BCUT2D eigenvalue weighted by Crippen LogP contribution is -2.51. The summed E-state index contributed by atoms with van der Waals surface area (Å²) in [4.78, 5) is 14.3. The molecule has 3 rings (SSSR count). The van der Waals surface area contributed by atoms with Gasteiger partial charge in [-0.15, -0.1) is 0 Å². The molecule has 1 aromatic carbocycles. The second-order valence-corrected chi connectivity index (χ2v) is 6.10. The molecule has 0 radical (unpaired) electrons. The van der Waals surface area contributed by atoms with Crippen molar-refractivity contribution < 1.29 is 9.53 Å². The zero-order valence-corrected chi connectivity index (χ0v) is 12.1. The molecule has 0 spiro atoms. The van der Waals surface area contributed by atoms with E-state index in [1.165, 1.54) is 0 Å². The molecular weight excluding hydrogens is 276 g/mol. The van der Waals surface area contributed by atoms with E-state index in [-0.39, 0.29) is 18.6 Å². The molecule has 5 heteroatoms. The fourth-order valence-corrected chi connectivity index (χ4v) is 3.50. The van der Waals surface area contributed by atoms with Gasteiger partial charge in [0.15, 0.2) is 6.61 Å². The van der Waals surface area contributed by atoms with Crippen LogP contribution in [0.1, 0.15) is 25.7 Å². The lowest BCUT2D eigenvalue weighted by molar-refractivity contribution is -0.137. The van der Waals surface area contributed by atoms with Crippen molar-refractivity contribution in [1.82, 2.24) is 4.90 Å². The van der Waals surface area contributed by atoms with Gasteiger partial charge in [-0.3, -0.25) is 4.79 Å². The zero-order chi connectivity index (χ0) is 14.1. The number of amides is 1. The Bertz CT molecular complexity index is 477. The number of piperidine rings is 1. The summed E-state index contributed by atoms with van der Waals surface area (Å²) < 4.78 is 5.55. The van der Waals surface area contributed by atoms with E-state index in [0.29, 0.717) is 22.9 Å². The van der Waals surface area contributed by atoms with E-state index in [9.17, 15) is 4.79 Å². The van der Waals surface area contributed by atoms with E-state index >= 15 is 0 Å². The van der Waals surface area contributed by atoms with Crippen molar-refractivity contribution in [3.63, 3.8) is 0 Å². The Morgan fingerprint density at radius 2 is 1.85 bits per heavy atom. The molecule has 0 aromatic heterocycles. The van der Waals surface area contributed by atoms with Crippen LogP contribution in [-0.2, 0) is 4.79 Å². The predicted molar refractivity (Wildman–Crippen MR) is 77.8 cm³/mol. The van der Waals surface area contributed by atoms with E-state index in [2.05, 4.69) is 0 Å². The minimum atomic E-state index is 0.0688. The number of fused-ring (bicyclic) bond motifs is 2. The maximum Gasteiger partial charge on any atom is 0.261 e. The highest BCUT2D eigenvalue weighted by Crippen LogP contribution is 2.35. The minimum absolute atomic E-state index is 0.0688. The summed E-state index contributed by atoms with van der Waals surface area (Å²) in [5, 5.41) is 0.659. The number of halogens is 1. The maximum absolute atomic E-state index is 12.3. The third-order valence-electron chi connectivity index (χ3n) is 4.23. The van der Waals surface area contributed by atoms with Gasteiger partial charge in [-0.05, 0) is 49.9 Å². The molecule has 0 aliphatic carbocycles. The Labute approximate surface area is 123 Å². The largest absolute Gasteiger partial charge is 0.484 e. The SMILES string of the molecule is NC1CC2CCC(C1)N2C(=O)COc1ccc(Cl)cc1. The third kappa shape index (κ3) is 2.76. The molecule has 2 saturated heterocycles. The Morgan fingerprint density at radius 3 is 2.45 bits per heavy atom. The van der Waals surface area contributed by atoms with Crippen LogP contribution in [0, 0.1) is 0 Å². The molecule has 2 unspecified atom stereocenters. The Morgan fingerprint density at radius 1 is 1.25 bits per heavy atom. The molecule has 2 N–H and O–H groups in total. The molecule has 20 heavy (non-hydrogen) atoms. The van der Waals surface area contributed by atoms with Crippen LogP contribution in [0.15, 0.2) is 24.3 Å². The number of carbonyl (C=O) groups is 1. The zero-order valence-electron chi connectivity index (χ0n) is 11.3. The second kappa shape index (κ2) is 5.62. The number of nitrogens with two attached hydrogens (primary N) is 1. The first kappa shape index (κ1) is 13.7. The van der Waals surface area contributed by atoms with Gasteiger partial charge in [0.25, 0.3) is 5.91 Å². The van der Waals surface area contributed by atoms with Crippen molar-refractivity contribution in [1.29, 1.82) is 0 Å². The average molecular weight is 295 g/mol. The van der Waals surface area contributed by atoms with E-state index < -0.39 is 0 Å². The van der Waals surface area contributed by atoms with Crippen LogP contribution in [0.25, 0.3) is 0 Å². The maximum atomic E-state index is 12.3. The molecule has 1 aromatic rings. The number of benzene rings is 1. The van der Waals surface area contributed by atoms with Crippen LogP contribution < -0.4 is 10.5 Å². The van der Waals surface area contributed by atoms with Crippen LogP contribution in [0.3, 0.4) is 0 Å². The van der Waals surface area contributed by atoms with Gasteiger partial charge in [0.1, 0.15) is 5.75 Å². The van der Waals surface area contributed by atoms with Crippen molar-refractivity contribution >= 4 is 17.5 Å². The molecule has 2 aliphatic rings. The topological polar surface area (TPSA) is 55.6 Å². The number of hydrogen-bond donors (Lipinski definition) is 1.